The third kappa shape index (κ3) is 2.07. The van der Waals surface area contributed by atoms with Gasteiger partial charge in [0.05, 0.1) is 10.6 Å². The van der Waals surface area contributed by atoms with Crippen molar-refractivity contribution in [3.8, 4) is 0 Å². The number of aliphatic hydroxyl groups is 1. The second-order valence-corrected chi connectivity index (χ2v) is 4.21. The maximum absolute atomic E-state index is 13.5. The Balaban J connectivity index is 3.39. The van der Waals surface area contributed by atoms with Crippen LogP contribution in [0.25, 0.3) is 0 Å². The normalized spacial score (nSPS) is 11.9. The van der Waals surface area contributed by atoms with E-state index in [4.69, 9.17) is 11.6 Å². The molecule has 0 aliphatic rings. The fraction of sp³-hybridized carbons (Fsp3) is 0.455. The molecular formula is C11H14ClFO. The van der Waals surface area contributed by atoms with E-state index in [1.54, 1.807) is 19.9 Å². The van der Waals surface area contributed by atoms with Crippen molar-refractivity contribution < 1.29 is 9.50 Å². The molecule has 1 aromatic rings. The molecule has 78 valence electrons. The Kier molecular flexibility index (Phi) is 3.17. The van der Waals surface area contributed by atoms with Gasteiger partial charge in [-0.2, -0.15) is 0 Å². The van der Waals surface area contributed by atoms with E-state index in [0.717, 1.165) is 0 Å². The summed E-state index contributed by atoms with van der Waals surface area (Å²) in [5.74, 6) is -0.422. The highest BCUT2D eigenvalue weighted by molar-refractivity contribution is 6.30. The SMILES string of the molecule is CCc1c(C(C)(C)O)ccc(Cl)c1F. The zero-order valence-corrected chi connectivity index (χ0v) is 9.32. The molecule has 0 saturated carbocycles. The first-order valence-corrected chi connectivity index (χ1v) is 4.95. The fourth-order valence-electron chi connectivity index (χ4n) is 1.51. The van der Waals surface area contributed by atoms with Crippen molar-refractivity contribution in [1.29, 1.82) is 0 Å². The summed E-state index contributed by atoms with van der Waals surface area (Å²) < 4.78 is 13.5. The van der Waals surface area contributed by atoms with Gasteiger partial charge in [0, 0.05) is 0 Å². The Morgan fingerprint density at radius 3 is 2.43 bits per heavy atom. The van der Waals surface area contributed by atoms with Gasteiger partial charge in [0.15, 0.2) is 0 Å². The van der Waals surface area contributed by atoms with Gasteiger partial charge < -0.3 is 5.11 Å². The van der Waals surface area contributed by atoms with Crippen LogP contribution in [-0.4, -0.2) is 5.11 Å². The first-order valence-electron chi connectivity index (χ1n) is 4.57. The van der Waals surface area contributed by atoms with E-state index in [1.165, 1.54) is 6.07 Å². The van der Waals surface area contributed by atoms with Crippen LogP contribution in [0.4, 0.5) is 4.39 Å². The summed E-state index contributed by atoms with van der Waals surface area (Å²) in [6.07, 6.45) is 0.520. The molecule has 0 fully saturated rings. The summed E-state index contributed by atoms with van der Waals surface area (Å²) in [6, 6.07) is 3.15. The topological polar surface area (TPSA) is 20.2 Å². The molecule has 0 saturated heterocycles. The van der Waals surface area contributed by atoms with Gasteiger partial charge in [-0.05, 0) is 37.5 Å². The molecule has 0 radical (unpaired) electrons. The molecule has 1 rings (SSSR count). The largest absolute Gasteiger partial charge is 0.386 e. The second kappa shape index (κ2) is 3.87. The van der Waals surface area contributed by atoms with Crippen LogP contribution in [-0.2, 0) is 12.0 Å². The average molecular weight is 217 g/mol. The van der Waals surface area contributed by atoms with Crippen molar-refractivity contribution in [1.82, 2.24) is 0 Å². The van der Waals surface area contributed by atoms with Crippen molar-refractivity contribution in [2.75, 3.05) is 0 Å². The summed E-state index contributed by atoms with van der Waals surface area (Å²) in [5.41, 5.74) is 0.0587. The van der Waals surface area contributed by atoms with Crippen LogP contribution in [0.5, 0.6) is 0 Å². The number of rotatable bonds is 2. The first kappa shape index (κ1) is 11.5. The van der Waals surface area contributed by atoms with E-state index < -0.39 is 11.4 Å². The lowest BCUT2D eigenvalue weighted by molar-refractivity contribution is 0.0772. The molecule has 0 aliphatic carbocycles. The number of hydrogen-bond acceptors (Lipinski definition) is 1. The Morgan fingerprint density at radius 2 is 2.00 bits per heavy atom. The van der Waals surface area contributed by atoms with Crippen molar-refractivity contribution in [2.45, 2.75) is 32.8 Å². The van der Waals surface area contributed by atoms with Crippen molar-refractivity contribution in [3.63, 3.8) is 0 Å². The van der Waals surface area contributed by atoms with Gasteiger partial charge >= 0.3 is 0 Å². The Bertz CT molecular complexity index is 342. The van der Waals surface area contributed by atoms with Gasteiger partial charge in [-0.1, -0.05) is 24.6 Å². The van der Waals surface area contributed by atoms with Crippen LogP contribution in [0.3, 0.4) is 0 Å². The molecule has 0 aromatic heterocycles. The quantitative estimate of drug-likeness (QED) is 0.805. The molecule has 14 heavy (non-hydrogen) atoms. The number of hydrogen-bond donors (Lipinski definition) is 1. The summed E-state index contributed by atoms with van der Waals surface area (Å²) in [4.78, 5) is 0. The minimum Gasteiger partial charge on any atom is -0.386 e. The molecule has 1 N–H and O–H groups in total. The molecule has 0 spiro atoms. The number of benzene rings is 1. The second-order valence-electron chi connectivity index (χ2n) is 3.80. The van der Waals surface area contributed by atoms with Crippen molar-refractivity contribution in [3.05, 3.63) is 34.1 Å². The zero-order chi connectivity index (χ0) is 10.9. The Labute approximate surface area is 88.5 Å². The molecule has 0 bridgehead atoms. The summed E-state index contributed by atoms with van der Waals surface area (Å²) in [6.45, 7) is 5.10. The van der Waals surface area contributed by atoms with Crippen LogP contribution in [0, 0.1) is 5.82 Å². The van der Waals surface area contributed by atoms with E-state index in [0.29, 0.717) is 17.5 Å². The van der Waals surface area contributed by atoms with Gasteiger partial charge in [0.1, 0.15) is 5.82 Å². The van der Waals surface area contributed by atoms with Crippen LogP contribution >= 0.6 is 11.6 Å². The van der Waals surface area contributed by atoms with Gasteiger partial charge in [-0.25, -0.2) is 4.39 Å². The monoisotopic (exact) mass is 216 g/mol. The Hall–Kier alpha value is -0.600. The highest BCUT2D eigenvalue weighted by Crippen LogP contribution is 2.29. The Morgan fingerprint density at radius 1 is 1.43 bits per heavy atom. The predicted octanol–water partition coefficient (Wildman–Crippen LogP) is 3.27. The molecule has 3 heteroatoms. The minimum atomic E-state index is -1.03. The van der Waals surface area contributed by atoms with E-state index in [9.17, 15) is 9.50 Å². The summed E-state index contributed by atoms with van der Waals surface area (Å²) in [5, 5.41) is 9.91. The van der Waals surface area contributed by atoms with Crippen LogP contribution < -0.4 is 0 Å². The van der Waals surface area contributed by atoms with Crippen LogP contribution in [0.2, 0.25) is 5.02 Å². The van der Waals surface area contributed by atoms with Crippen LogP contribution in [0.15, 0.2) is 12.1 Å². The molecule has 0 unspecified atom stereocenters. The highest BCUT2D eigenvalue weighted by atomic mass is 35.5. The standard InChI is InChI=1S/C11H14ClFO/c1-4-7-8(11(2,3)14)5-6-9(12)10(7)13/h5-6,14H,4H2,1-3H3. The molecule has 1 nitrogen and oxygen atoms in total. The zero-order valence-electron chi connectivity index (χ0n) is 8.56. The molecule has 0 atom stereocenters. The summed E-state index contributed by atoms with van der Waals surface area (Å²) >= 11 is 5.66. The fourth-order valence-corrected chi connectivity index (χ4v) is 1.69. The molecule has 0 aliphatic heterocycles. The lowest BCUT2D eigenvalue weighted by atomic mass is 9.92. The maximum Gasteiger partial charge on any atom is 0.145 e. The van der Waals surface area contributed by atoms with Gasteiger partial charge in [-0.3, -0.25) is 0 Å². The highest BCUT2D eigenvalue weighted by Gasteiger charge is 2.22. The maximum atomic E-state index is 13.5. The van der Waals surface area contributed by atoms with Crippen molar-refractivity contribution in [2.24, 2.45) is 0 Å². The van der Waals surface area contributed by atoms with E-state index in [1.807, 2.05) is 6.92 Å². The van der Waals surface area contributed by atoms with E-state index in [-0.39, 0.29) is 5.02 Å². The van der Waals surface area contributed by atoms with Crippen molar-refractivity contribution >= 4 is 11.6 Å². The molecular weight excluding hydrogens is 203 g/mol. The molecule has 0 amide bonds. The lowest BCUT2D eigenvalue weighted by Crippen LogP contribution is -2.18. The minimum absolute atomic E-state index is 0.106. The lowest BCUT2D eigenvalue weighted by Gasteiger charge is -2.21. The molecule has 0 heterocycles. The van der Waals surface area contributed by atoms with E-state index >= 15 is 0 Å². The van der Waals surface area contributed by atoms with Crippen LogP contribution in [0.1, 0.15) is 31.9 Å². The third-order valence-electron chi connectivity index (χ3n) is 2.21. The third-order valence-corrected chi connectivity index (χ3v) is 2.50. The number of halogens is 2. The van der Waals surface area contributed by atoms with Gasteiger partial charge in [0.2, 0.25) is 0 Å². The average Bonchev–Trinajstić information content (AvgIpc) is 2.07. The predicted molar refractivity (Wildman–Crippen MR) is 56.0 cm³/mol. The van der Waals surface area contributed by atoms with Gasteiger partial charge in [0.25, 0.3) is 0 Å². The van der Waals surface area contributed by atoms with Gasteiger partial charge in [-0.15, -0.1) is 0 Å². The summed E-state index contributed by atoms with van der Waals surface area (Å²) in [7, 11) is 0. The molecule has 1 aromatic carbocycles. The first-order chi connectivity index (χ1) is 6.38. The van der Waals surface area contributed by atoms with E-state index in [2.05, 4.69) is 0 Å². The smallest absolute Gasteiger partial charge is 0.145 e.